The number of hydrogen-bond donors (Lipinski definition) is 1. The van der Waals surface area contributed by atoms with E-state index in [9.17, 15) is 14.7 Å². The van der Waals surface area contributed by atoms with Gasteiger partial charge in [-0.25, -0.2) is 4.98 Å². The zero-order valence-corrected chi connectivity index (χ0v) is 28.4. The van der Waals surface area contributed by atoms with Crippen LogP contribution in [-0.2, 0) is 21.9 Å². The fourth-order valence-electron chi connectivity index (χ4n) is 5.52. The number of thioether (sulfide) groups is 1. The molecule has 9 nitrogen and oxygen atoms in total. The number of aryl methyl sites for hydroxylation is 1. The number of amides is 1. The first-order valence-corrected chi connectivity index (χ1v) is 17.3. The average Bonchev–Trinajstić information content (AvgIpc) is 3.77. The molecule has 0 spiro atoms. The number of halogens is 2. The molecule has 3 aromatic heterocycles. The number of rotatable bonds is 9. The van der Waals surface area contributed by atoms with Crippen LogP contribution in [0.5, 0.6) is 5.75 Å². The van der Waals surface area contributed by atoms with Crippen LogP contribution in [0.2, 0.25) is 10.0 Å². The van der Waals surface area contributed by atoms with Crippen molar-refractivity contribution in [2.45, 2.75) is 29.7 Å². The van der Waals surface area contributed by atoms with E-state index in [1.165, 1.54) is 16.7 Å². The smallest absolute Gasteiger partial charge is 0.301 e. The highest BCUT2D eigenvalue weighted by molar-refractivity contribution is 8.00. The lowest BCUT2D eigenvalue weighted by Crippen LogP contribution is -2.29. The van der Waals surface area contributed by atoms with Gasteiger partial charge in [-0.05, 0) is 60.0 Å². The van der Waals surface area contributed by atoms with Crippen molar-refractivity contribution in [1.82, 2.24) is 19.6 Å². The van der Waals surface area contributed by atoms with Crippen LogP contribution in [0.25, 0.3) is 11.4 Å². The molecule has 240 valence electrons. The molecule has 0 aliphatic carbocycles. The molecule has 1 atom stereocenters. The van der Waals surface area contributed by atoms with Crippen molar-refractivity contribution in [2.75, 3.05) is 4.90 Å². The molecule has 0 bridgehead atoms. The summed E-state index contributed by atoms with van der Waals surface area (Å²) in [6, 6.07) is 26.5. The summed E-state index contributed by atoms with van der Waals surface area (Å²) >= 11 is 15.0. The van der Waals surface area contributed by atoms with Gasteiger partial charge in [-0.3, -0.25) is 18.9 Å². The molecule has 7 rings (SSSR count). The van der Waals surface area contributed by atoms with Crippen molar-refractivity contribution in [3.63, 3.8) is 0 Å². The van der Waals surface area contributed by atoms with Gasteiger partial charge in [0.2, 0.25) is 5.13 Å². The minimum atomic E-state index is -1.03. The number of aromatic nitrogens is 4. The van der Waals surface area contributed by atoms with Crippen LogP contribution < -0.4 is 9.64 Å². The predicted molar refractivity (Wildman–Crippen MR) is 188 cm³/mol. The number of imidazole rings is 1. The number of ketones is 1. The number of aliphatic hydroxyl groups is 1. The molecular weight excluding hydrogens is 689 g/mol. The number of ether oxygens (including phenoxy) is 1. The van der Waals surface area contributed by atoms with Crippen LogP contribution in [0.15, 0.2) is 107 Å². The van der Waals surface area contributed by atoms with Gasteiger partial charge in [0.05, 0.1) is 17.3 Å². The average molecular weight is 715 g/mol. The molecule has 1 unspecified atom stereocenters. The zero-order valence-electron chi connectivity index (χ0n) is 25.2. The van der Waals surface area contributed by atoms with Crippen molar-refractivity contribution in [3.05, 3.63) is 141 Å². The third-order valence-electron chi connectivity index (χ3n) is 7.76. The van der Waals surface area contributed by atoms with E-state index < -0.39 is 17.7 Å². The van der Waals surface area contributed by atoms with Gasteiger partial charge in [0.15, 0.2) is 10.1 Å². The monoisotopic (exact) mass is 713 g/mol. The van der Waals surface area contributed by atoms with Crippen LogP contribution in [-0.4, -0.2) is 36.4 Å². The Morgan fingerprint density at radius 1 is 0.979 bits per heavy atom. The number of fused-ring (bicyclic) bond motifs is 1. The molecule has 4 heterocycles. The molecule has 6 aromatic rings. The largest absolute Gasteiger partial charge is 0.505 e. The SMILES string of the molecule is Cc1nc2ccccn2c1/C(O)=C1\C(=O)C(=O)N(c2nnc(SCc3ccc(Cl)cc3Cl)s2)C1c1cccc(OCc2ccccc2)c1. The maximum absolute atomic E-state index is 13.9. The third kappa shape index (κ3) is 6.17. The Hall–Kier alpha value is -4.68. The Kier molecular flexibility index (Phi) is 8.93. The zero-order chi connectivity index (χ0) is 33.4. The summed E-state index contributed by atoms with van der Waals surface area (Å²) in [5.74, 6) is -1.01. The summed E-state index contributed by atoms with van der Waals surface area (Å²) in [5, 5.41) is 21.8. The maximum atomic E-state index is 13.9. The molecule has 1 amide bonds. The van der Waals surface area contributed by atoms with Gasteiger partial charge in [0, 0.05) is 22.0 Å². The molecule has 0 saturated carbocycles. The lowest BCUT2D eigenvalue weighted by atomic mass is 9.96. The summed E-state index contributed by atoms with van der Waals surface area (Å²) in [4.78, 5) is 33.6. The number of benzene rings is 3. The highest BCUT2D eigenvalue weighted by atomic mass is 35.5. The molecule has 48 heavy (non-hydrogen) atoms. The second kappa shape index (κ2) is 13.4. The van der Waals surface area contributed by atoms with Gasteiger partial charge in [-0.1, -0.05) is 101 Å². The van der Waals surface area contributed by atoms with Gasteiger partial charge in [-0.15, -0.1) is 10.2 Å². The highest BCUT2D eigenvalue weighted by Gasteiger charge is 2.49. The van der Waals surface area contributed by atoms with Gasteiger partial charge in [0.25, 0.3) is 5.78 Å². The number of pyridine rings is 1. The van der Waals surface area contributed by atoms with Crippen molar-refractivity contribution >= 4 is 74.5 Å². The number of Topliss-reactive ketones (excluding diaryl/α,β-unsaturated/α-hetero) is 1. The van der Waals surface area contributed by atoms with Crippen molar-refractivity contribution in [3.8, 4) is 5.75 Å². The fraction of sp³-hybridized carbons (Fsp3) is 0.114. The first-order chi connectivity index (χ1) is 23.3. The van der Waals surface area contributed by atoms with Gasteiger partial charge < -0.3 is 9.84 Å². The standard InChI is InChI=1S/C35H25Cl2N5O4S2/c1-20-29(41-15-6-5-12-27(41)38-20)31(43)28-30(22-10-7-11-25(16-22)46-18-21-8-3-2-4-9-21)42(33(45)32(28)44)34-39-40-35(48-34)47-19-23-13-14-24(36)17-26(23)37/h2-17,30,43H,18-19H2,1H3/b31-28+. The summed E-state index contributed by atoms with van der Waals surface area (Å²) in [5.41, 5.74) is 3.70. The van der Waals surface area contributed by atoms with E-state index in [1.807, 2.05) is 42.5 Å². The van der Waals surface area contributed by atoms with Crippen molar-refractivity contribution < 1.29 is 19.4 Å². The second-order valence-corrected chi connectivity index (χ2v) is 13.9. The first-order valence-electron chi connectivity index (χ1n) is 14.7. The number of aliphatic hydroxyl groups excluding tert-OH is 1. The number of hydrogen-bond acceptors (Lipinski definition) is 9. The van der Waals surface area contributed by atoms with Gasteiger partial charge in [0.1, 0.15) is 23.7 Å². The second-order valence-electron chi connectivity index (χ2n) is 10.9. The molecule has 1 N–H and O–H groups in total. The lowest BCUT2D eigenvalue weighted by molar-refractivity contribution is -0.132. The van der Waals surface area contributed by atoms with E-state index in [0.717, 1.165) is 22.5 Å². The van der Waals surface area contributed by atoms with E-state index in [4.69, 9.17) is 27.9 Å². The van der Waals surface area contributed by atoms with E-state index >= 15 is 0 Å². The van der Waals surface area contributed by atoms with Crippen LogP contribution in [0.1, 0.15) is 34.1 Å². The number of carbonyl (C=O) groups is 2. The Morgan fingerprint density at radius 2 is 1.79 bits per heavy atom. The Bertz CT molecular complexity index is 2220. The van der Waals surface area contributed by atoms with Crippen LogP contribution in [0.4, 0.5) is 5.13 Å². The molecule has 1 aliphatic rings. The maximum Gasteiger partial charge on any atom is 0.301 e. The van der Waals surface area contributed by atoms with E-state index in [2.05, 4.69) is 15.2 Å². The first kappa shape index (κ1) is 31.9. The van der Waals surface area contributed by atoms with Crippen molar-refractivity contribution in [1.29, 1.82) is 0 Å². The molecular formula is C35H25Cl2N5O4S2. The topological polar surface area (TPSA) is 110 Å². The van der Waals surface area contributed by atoms with E-state index in [-0.39, 0.29) is 16.5 Å². The molecule has 1 saturated heterocycles. The van der Waals surface area contributed by atoms with Crippen LogP contribution >= 0.6 is 46.3 Å². The quantitative estimate of drug-likeness (QED) is 0.0524. The molecule has 0 radical (unpaired) electrons. The minimum Gasteiger partial charge on any atom is -0.505 e. The molecule has 13 heteroatoms. The van der Waals surface area contributed by atoms with Crippen molar-refractivity contribution in [2.24, 2.45) is 0 Å². The summed E-state index contributed by atoms with van der Waals surface area (Å²) in [7, 11) is 0. The van der Waals surface area contributed by atoms with Gasteiger partial charge in [-0.2, -0.15) is 0 Å². The normalized spacial score (nSPS) is 15.8. The fourth-order valence-corrected chi connectivity index (χ4v) is 7.95. The number of nitrogens with zero attached hydrogens (tertiary/aromatic N) is 5. The van der Waals surface area contributed by atoms with E-state index in [0.29, 0.717) is 55.1 Å². The Morgan fingerprint density at radius 3 is 2.60 bits per heavy atom. The number of carbonyl (C=O) groups excluding carboxylic acids is 2. The minimum absolute atomic E-state index is 0.0914. The van der Waals surface area contributed by atoms with Gasteiger partial charge >= 0.3 is 5.91 Å². The third-order valence-corrected chi connectivity index (χ3v) is 10.5. The summed E-state index contributed by atoms with van der Waals surface area (Å²) < 4.78 is 8.35. The summed E-state index contributed by atoms with van der Waals surface area (Å²) in [6.07, 6.45) is 1.74. The molecule has 1 aliphatic heterocycles. The Labute approximate surface area is 293 Å². The molecule has 1 fully saturated rings. The van der Waals surface area contributed by atoms with Crippen LogP contribution in [0, 0.1) is 6.92 Å². The Balaban J connectivity index is 1.29. The number of anilines is 1. The lowest BCUT2D eigenvalue weighted by Gasteiger charge is -2.23. The molecule has 3 aromatic carbocycles. The summed E-state index contributed by atoms with van der Waals surface area (Å²) in [6.45, 7) is 2.06. The highest BCUT2D eigenvalue weighted by Crippen LogP contribution is 2.45. The predicted octanol–water partition coefficient (Wildman–Crippen LogP) is 8.30. The van der Waals surface area contributed by atoms with E-state index in [1.54, 1.807) is 66.1 Å². The van der Waals surface area contributed by atoms with Crippen LogP contribution in [0.3, 0.4) is 0 Å².